The lowest BCUT2D eigenvalue weighted by atomic mass is 9.99. The van der Waals surface area contributed by atoms with Crippen molar-refractivity contribution >= 4 is 40.0 Å². The quantitative estimate of drug-likeness (QED) is 0.548. The average molecular weight is 371 g/mol. The zero-order valence-corrected chi connectivity index (χ0v) is 13.0. The number of ketones is 1. The zero-order valence-electron chi connectivity index (χ0n) is 10.1. The van der Waals surface area contributed by atoms with E-state index in [1.165, 1.54) is 0 Å². The zero-order chi connectivity index (χ0) is 13.3. The second-order valence-electron chi connectivity index (χ2n) is 4.23. The van der Waals surface area contributed by atoms with E-state index in [1.807, 2.05) is 50.2 Å². The normalized spacial score (nSPS) is 10.4. The van der Waals surface area contributed by atoms with Gasteiger partial charge in [0.25, 0.3) is 0 Å². The summed E-state index contributed by atoms with van der Waals surface area (Å²) >= 11 is 8.34. The molecule has 0 heterocycles. The van der Waals surface area contributed by atoms with Gasteiger partial charge in [-0.1, -0.05) is 23.7 Å². The maximum atomic E-state index is 12.5. The van der Waals surface area contributed by atoms with Gasteiger partial charge in [0.2, 0.25) is 0 Å². The minimum atomic E-state index is -0.0203. The van der Waals surface area contributed by atoms with Gasteiger partial charge in [0.1, 0.15) is 0 Å². The molecule has 0 aliphatic heterocycles. The first kappa shape index (κ1) is 13.6. The molecule has 0 saturated heterocycles. The van der Waals surface area contributed by atoms with Crippen LogP contribution >= 0.6 is 34.2 Å². The van der Waals surface area contributed by atoms with Gasteiger partial charge < -0.3 is 0 Å². The van der Waals surface area contributed by atoms with Crippen LogP contribution in [0.3, 0.4) is 0 Å². The van der Waals surface area contributed by atoms with Crippen molar-refractivity contribution in [1.29, 1.82) is 0 Å². The average Bonchev–Trinajstić information content (AvgIpc) is 2.33. The third kappa shape index (κ3) is 2.59. The number of carbonyl (C=O) groups excluding carboxylic acids is 1. The largest absolute Gasteiger partial charge is 0.289 e. The Morgan fingerprint density at radius 3 is 2.33 bits per heavy atom. The van der Waals surface area contributed by atoms with Crippen LogP contribution in [0.2, 0.25) is 5.02 Å². The van der Waals surface area contributed by atoms with Crippen LogP contribution in [-0.2, 0) is 0 Å². The minimum Gasteiger partial charge on any atom is -0.289 e. The summed E-state index contributed by atoms with van der Waals surface area (Å²) in [5, 5.41) is 0.516. The van der Waals surface area contributed by atoms with Gasteiger partial charge in [0, 0.05) is 14.7 Å². The van der Waals surface area contributed by atoms with Gasteiger partial charge in [0.05, 0.1) is 5.02 Å². The van der Waals surface area contributed by atoms with E-state index in [0.29, 0.717) is 16.1 Å². The van der Waals surface area contributed by atoms with Gasteiger partial charge in [-0.3, -0.25) is 4.79 Å². The van der Waals surface area contributed by atoms with Crippen molar-refractivity contribution in [2.45, 2.75) is 13.8 Å². The number of halogens is 2. The highest BCUT2D eigenvalue weighted by molar-refractivity contribution is 14.1. The standard InChI is InChI=1S/C15H12ClIO/c1-9-7-12(13(16)8-10(9)2)15(18)11-5-3-4-6-14(11)17/h3-8H,1-2H3. The number of rotatable bonds is 2. The second-order valence-corrected chi connectivity index (χ2v) is 5.79. The van der Waals surface area contributed by atoms with Gasteiger partial charge in [-0.2, -0.15) is 0 Å². The Morgan fingerprint density at radius 2 is 1.67 bits per heavy atom. The first-order valence-electron chi connectivity index (χ1n) is 5.56. The Labute approximate surface area is 125 Å². The van der Waals surface area contributed by atoms with Crippen molar-refractivity contribution in [2.75, 3.05) is 0 Å². The Bertz CT molecular complexity index is 620. The predicted octanol–water partition coefficient (Wildman–Crippen LogP) is 4.79. The summed E-state index contributed by atoms with van der Waals surface area (Å²) in [4.78, 5) is 12.5. The maximum Gasteiger partial charge on any atom is 0.195 e. The molecule has 0 fully saturated rings. The highest BCUT2D eigenvalue weighted by Crippen LogP contribution is 2.25. The molecule has 0 aliphatic rings. The summed E-state index contributed by atoms with van der Waals surface area (Å²) in [5.41, 5.74) is 3.44. The molecule has 0 saturated carbocycles. The van der Waals surface area contributed by atoms with Crippen molar-refractivity contribution in [3.63, 3.8) is 0 Å². The predicted molar refractivity (Wildman–Crippen MR) is 83.5 cm³/mol. The lowest BCUT2D eigenvalue weighted by Gasteiger charge is -2.08. The van der Waals surface area contributed by atoms with Crippen LogP contribution in [-0.4, -0.2) is 5.78 Å². The molecular formula is C15H12ClIO. The molecule has 0 aromatic heterocycles. The Hall–Kier alpha value is -0.870. The number of benzene rings is 2. The lowest BCUT2D eigenvalue weighted by Crippen LogP contribution is -2.05. The number of hydrogen-bond acceptors (Lipinski definition) is 1. The maximum absolute atomic E-state index is 12.5. The molecule has 2 aromatic rings. The van der Waals surface area contributed by atoms with Gasteiger partial charge in [-0.25, -0.2) is 0 Å². The monoisotopic (exact) mass is 370 g/mol. The summed E-state index contributed by atoms with van der Waals surface area (Å²) in [6, 6.07) is 11.2. The summed E-state index contributed by atoms with van der Waals surface area (Å²) in [7, 11) is 0. The van der Waals surface area contributed by atoms with Crippen molar-refractivity contribution in [3.8, 4) is 0 Å². The molecule has 0 unspecified atom stereocenters. The summed E-state index contributed by atoms with van der Waals surface area (Å²) in [5.74, 6) is -0.0203. The summed E-state index contributed by atoms with van der Waals surface area (Å²) in [6.45, 7) is 3.97. The number of aryl methyl sites for hydroxylation is 2. The van der Waals surface area contributed by atoms with Crippen molar-refractivity contribution in [3.05, 3.63) is 67.2 Å². The molecule has 2 aromatic carbocycles. The van der Waals surface area contributed by atoms with E-state index in [-0.39, 0.29) is 5.78 Å². The fraction of sp³-hybridized carbons (Fsp3) is 0.133. The summed E-state index contributed by atoms with van der Waals surface area (Å²) < 4.78 is 0.939. The van der Waals surface area contributed by atoms with Gasteiger partial charge in [-0.05, 0) is 71.8 Å². The van der Waals surface area contributed by atoms with Crippen LogP contribution < -0.4 is 0 Å². The number of carbonyl (C=O) groups is 1. The fourth-order valence-electron chi connectivity index (χ4n) is 1.75. The van der Waals surface area contributed by atoms with Gasteiger partial charge in [0.15, 0.2) is 5.78 Å². The minimum absolute atomic E-state index is 0.0203. The lowest BCUT2D eigenvalue weighted by molar-refractivity contribution is 0.103. The molecule has 0 aliphatic carbocycles. The van der Waals surface area contributed by atoms with E-state index in [4.69, 9.17) is 11.6 Å². The third-order valence-electron chi connectivity index (χ3n) is 2.95. The molecule has 0 atom stereocenters. The van der Waals surface area contributed by atoms with E-state index >= 15 is 0 Å². The molecule has 3 heteroatoms. The topological polar surface area (TPSA) is 17.1 Å². The van der Waals surface area contributed by atoms with E-state index in [2.05, 4.69) is 22.6 Å². The van der Waals surface area contributed by atoms with Crippen molar-refractivity contribution in [1.82, 2.24) is 0 Å². The van der Waals surface area contributed by atoms with Crippen LogP contribution in [0.4, 0.5) is 0 Å². The molecule has 18 heavy (non-hydrogen) atoms. The highest BCUT2D eigenvalue weighted by Gasteiger charge is 2.16. The highest BCUT2D eigenvalue weighted by atomic mass is 127. The molecule has 1 nitrogen and oxygen atoms in total. The molecule has 0 N–H and O–H groups in total. The van der Waals surface area contributed by atoms with E-state index in [0.717, 1.165) is 14.7 Å². The number of hydrogen-bond donors (Lipinski definition) is 0. The molecule has 0 bridgehead atoms. The Kier molecular flexibility index (Phi) is 4.07. The van der Waals surface area contributed by atoms with E-state index in [9.17, 15) is 4.79 Å². The molecule has 0 radical (unpaired) electrons. The van der Waals surface area contributed by atoms with Crippen LogP contribution in [0.5, 0.6) is 0 Å². The molecular weight excluding hydrogens is 359 g/mol. The van der Waals surface area contributed by atoms with E-state index in [1.54, 1.807) is 0 Å². The summed E-state index contributed by atoms with van der Waals surface area (Å²) in [6.07, 6.45) is 0. The fourth-order valence-corrected chi connectivity index (χ4v) is 2.68. The van der Waals surface area contributed by atoms with Crippen molar-refractivity contribution < 1.29 is 4.79 Å². The molecule has 92 valence electrons. The molecule has 2 rings (SSSR count). The Balaban J connectivity index is 2.53. The SMILES string of the molecule is Cc1cc(Cl)c(C(=O)c2ccccc2I)cc1C. The third-order valence-corrected chi connectivity index (χ3v) is 4.20. The molecule has 0 spiro atoms. The smallest absolute Gasteiger partial charge is 0.195 e. The van der Waals surface area contributed by atoms with Crippen LogP contribution in [0.1, 0.15) is 27.0 Å². The van der Waals surface area contributed by atoms with Gasteiger partial charge in [-0.15, -0.1) is 0 Å². The van der Waals surface area contributed by atoms with Crippen LogP contribution in [0, 0.1) is 17.4 Å². The van der Waals surface area contributed by atoms with Crippen molar-refractivity contribution in [2.24, 2.45) is 0 Å². The Morgan fingerprint density at radius 1 is 1.06 bits per heavy atom. The first-order chi connectivity index (χ1) is 8.50. The molecule has 0 amide bonds. The van der Waals surface area contributed by atoms with Crippen LogP contribution in [0.25, 0.3) is 0 Å². The van der Waals surface area contributed by atoms with Gasteiger partial charge >= 0.3 is 0 Å². The second kappa shape index (κ2) is 5.41. The van der Waals surface area contributed by atoms with Crippen LogP contribution in [0.15, 0.2) is 36.4 Å². The van der Waals surface area contributed by atoms with E-state index < -0.39 is 0 Å². The first-order valence-corrected chi connectivity index (χ1v) is 7.02.